The monoisotopic (exact) mass is 320 g/mol. The first-order valence-electron chi connectivity index (χ1n) is 7.91. The number of nitrogens with one attached hydrogen (secondary N) is 1. The van der Waals surface area contributed by atoms with Gasteiger partial charge in [0.1, 0.15) is 11.4 Å². The summed E-state index contributed by atoms with van der Waals surface area (Å²) in [5.41, 5.74) is 2.14. The van der Waals surface area contributed by atoms with Crippen LogP contribution in [0.4, 0.5) is 5.69 Å². The van der Waals surface area contributed by atoms with E-state index in [0.29, 0.717) is 17.9 Å². The summed E-state index contributed by atoms with van der Waals surface area (Å²) < 4.78 is 5.40. The van der Waals surface area contributed by atoms with Crippen LogP contribution in [0, 0.1) is 0 Å². The number of carbonyl (C=O) groups is 2. The Labute approximate surface area is 138 Å². The Balaban J connectivity index is 1.50. The standard InChI is InChI=1S/C19H16N2O3/c22-18-6-3-11-21(18)14-7-9-15(10-8-14)24-19(23)17-12-13-4-1-2-5-16(13)20-17/h1-2,4-5,7-10,12,20H,3,6,11H2. The Morgan fingerprint density at radius 3 is 2.58 bits per heavy atom. The van der Waals surface area contributed by atoms with Crippen molar-refractivity contribution in [3.63, 3.8) is 0 Å². The van der Waals surface area contributed by atoms with Crippen molar-refractivity contribution in [3.05, 3.63) is 60.3 Å². The highest BCUT2D eigenvalue weighted by Gasteiger charge is 2.21. The number of fused-ring (bicyclic) bond motifs is 1. The van der Waals surface area contributed by atoms with E-state index in [1.165, 1.54) is 0 Å². The Hall–Kier alpha value is -3.08. The molecule has 4 rings (SSSR count). The number of esters is 1. The van der Waals surface area contributed by atoms with E-state index in [4.69, 9.17) is 4.74 Å². The predicted octanol–water partition coefficient (Wildman–Crippen LogP) is 3.51. The normalized spacial score (nSPS) is 14.3. The van der Waals surface area contributed by atoms with Crippen molar-refractivity contribution in [2.24, 2.45) is 0 Å². The molecule has 0 unspecified atom stereocenters. The molecule has 24 heavy (non-hydrogen) atoms. The SMILES string of the molecule is O=C(Oc1ccc(N2CCCC2=O)cc1)c1cc2ccccc2[nH]1. The zero-order valence-electron chi connectivity index (χ0n) is 13.0. The number of para-hydroxylation sites is 1. The number of ether oxygens (including phenoxy) is 1. The molecule has 1 amide bonds. The fraction of sp³-hybridized carbons (Fsp3) is 0.158. The van der Waals surface area contributed by atoms with Crippen molar-refractivity contribution in [1.29, 1.82) is 0 Å². The minimum atomic E-state index is -0.434. The van der Waals surface area contributed by atoms with Gasteiger partial charge in [-0.25, -0.2) is 4.79 Å². The number of hydrogen-bond donors (Lipinski definition) is 1. The maximum absolute atomic E-state index is 12.3. The smallest absolute Gasteiger partial charge is 0.360 e. The van der Waals surface area contributed by atoms with Gasteiger partial charge in [-0.15, -0.1) is 0 Å². The van der Waals surface area contributed by atoms with Crippen LogP contribution in [0.1, 0.15) is 23.3 Å². The molecule has 0 radical (unpaired) electrons. The summed E-state index contributed by atoms with van der Waals surface area (Å²) >= 11 is 0. The van der Waals surface area contributed by atoms with E-state index >= 15 is 0 Å². The lowest BCUT2D eigenvalue weighted by Crippen LogP contribution is -2.23. The molecule has 1 aliphatic heterocycles. The van der Waals surface area contributed by atoms with Gasteiger partial charge in [-0.05, 0) is 42.8 Å². The maximum atomic E-state index is 12.3. The summed E-state index contributed by atoms with van der Waals surface area (Å²) in [6, 6.07) is 16.5. The number of anilines is 1. The van der Waals surface area contributed by atoms with Crippen molar-refractivity contribution in [2.45, 2.75) is 12.8 Å². The lowest BCUT2D eigenvalue weighted by atomic mass is 10.2. The summed E-state index contributed by atoms with van der Waals surface area (Å²) in [6.45, 7) is 0.743. The molecule has 0 bridgehead atoms. The number of aromatic amines is 1. The number of H-pyrrole nitrogens is 1. The van der Waals surface area contributed by atoms with Gasteiger partial charge in [0.15, 0.2) is 0 Å². The summed E-state index contributed by atoms with van der Waals surface area (Å²) in [4.78, 5) is 28.8. The zero-order chi connectivity index (χ0) is 16.5. The van der Waals surface area contributed by atoms with Crippen molar-refractivity contribution in [2.75, 3.05) is 11.4 Å². The third kappa shape index (κ3) is 2.65. The first-order chi connectivity index (χ1) is 11.7. The molecule has 120 valence electrons. The van der Waals surface area contributed by atoms with E-state index in [2.05, 4.69) is 4.98 Å². The Morgan fingerprint density at radius 1 is 1.08 bits per heavy atom. The van der Waals surface area contributed by atoms with Gasteiger partial charge in [-0.3, -0.25) is 4.79 Å². The number of carbonyl (C=O) groups excluding carboxylic acids is 2. The first kappa shape index (κ1) is 14.5. The molecule has 2 aromatic carbocycles. The van der Waals surface area contributed by atoms with Crippen LogP contribution in [0.15, 0.2) is 54.6 Å². The third-order valence-corrected chi connectivity index (χ3v) is 4.18. The second-order valence-corrected chi connectivity index (χ2v) is 5.80. The highest BCUT2D eigenvalue weighted by atomic mass is 16.5. The quantitative estimate of drug-likeness (QED) is 0.593. The largest absolute Gasteiger partial charge is 0.422 e. The minimum absolute atomic E-state index is 0.137. The third-order valence-electron chi connectivity index (χ3n) is 4.18. The highest BCUT2D eigenvalue weighted by Crippen LogP contribution is 2.24. The van der Waals surface area contributed by atoms with Gasteiger partial charge in [0.25, 0.3) is 0 Å². The van der Waals surface area contributed by atoms with Gasteiger partial charge >= 0.3 is 5.97 Å². The minimum Gasteiger partial charge on any atom is -0.422 e. The molecule has 0 aliphatic carbocycles. The van der Waals surface area contributed by atoms with Gasteiger partial charge in [0.05, 0.1) is 0 Å². The van der Waals surface area contributed by atoms with E-state index in [0.717, 1.165) is 29.6 Å². The topological polar surface area (TPSA) is 62.4 Å². The van der Waals surface area contributed by atoms with Gasteiger partial charge < -0.3 is 14.6 Å². The molecule has 1 aliphatic rings. The Kier molecular flexibility index (Phi) is 3.54. The molecule has 5 heteroatoms. The summed E-state index contributed by atoms with van der Waals surface area (Å²) in [5, 5.41) is 0.965. The van der Waals surface area contributed by atoms with Gasteiger partial charge in [0, 0.05) is 29.6 Å². The number of rotatable bonds is 3. The summed E-state index contributed by atoms with van der Waals surface area (Å²) in [5.74, 6) is 0.156. The zero-order valence-corrected chi connectivity index (χ0v) is 13.0. The molecule has 1 aromatic heterocycles. The number of aromatic nitrogens is 1. The van der Waals surface area contributed by atoms with Crippen LogP contribution >= 0.6 is 0 Å². The van der Waals surface area contributed by atoms with E-state index in [1.807, 2.05) is 24.3 Å². The Morgan fingerprint density at radius 2 is 1.88 bits per heavy atom. The van der Waals surface area contributed by atoms with Crippen molar-refractivity contribution in [3.8, 4) is 5.75 Å². The molecule has 0 spiro atoms. The summed E-state index contributed by atoms with van der Waals surface area (Å²) in [7, 11) is 0. The van der Waals surface area contributed by atoms with E-state index < -0.39 is 5.97 Å². The predicted molar refractivity (Wildman–Crippen MR) is 91.3 cm³/mol. The van der Waals surface area contributed by atoms with Crippen LogP contribution in [-0.2, 0) is 4.79 Å². The number of amides is 1. The average molecular weight is 320 g/mol. The lowest BCUT2D eigenvalue weighted by Gasteiger charge is -2.15. The molecule has 0 saturated carbocycles. The molecule has 2 heterocycles. The van der Waals surface area contributed by atoms with Crippen LogP contribution in [0.25, 0.3) is 10.9 Å². The molecule has 1 fully saturated rings. The first-order valence-corrected chi connectivity index (χ1v) is 7.91. The van der Waals surface area contributed by atoms with Crippen molar-refractivity contribution >= 4 is 28.5 Å². The van der Waals surface area contributed by atoms with Crippen LogP contribution in [0.5, 0.6) is 5.75 Å². The van der Waals surface area contributed by atoms with Crippen molar-refractivity contribution < 1.29 is 14.3 Å². The molecule has 3 aromatic rings. The van der Waals surface area contributed by atoms with Crippen LogP contribution in [0.3, 0.4) is 0 Å². The number of benzene rings is 2. The van der Waals surface area contributed by atoms with Gasteiger partial charge in [-0.1, -0.05) is 18.2 Å². The van der Waals surface area contributed by atoms with Gasteiger partial charge in [0.2, 0.25) is 5.91 Å². The van der Waals surface area contributed by atoms with Crippen LogP contribution < -0.4 is 9.64 Å². The fourth-order valence-corrected chi connectivity index (χ4v) is 2.96. The lowest BCUT2D eigenvalue weighted by molar-refractivity contribution is -0.117. The van der Waals surface area contributed by atoms with Gasteiger partial charge in [-0.2, -0.15) is 0 Å². The average Bonchev–Trinajstić information content (AvgIpc) is 3.21. The fourth-order valence-electron chi connectivity index (χ4n) is 2.96. The van der Waals surface area contributed by atoms with E-state index in [9.17, 15) is 9.59 Å². The molecule has 1 N–H and O–H groups in total. The molecule has 1 saturated heterocycles. The molecular formula is C19H16N2O3. The number of hydrogen-bond acceptors (Lipinski definition) is 3. The molecular weight excluding hydrogens is 304 g/mol. The Bertz CT molecular complexity index is 879. The van der Waals surface area contributed by atoms with E-state index in [1.54, 1.807) is 35.2 Å². The second-order valence-electron chi connectivity index (χ2n) is 5.80. The number of nitrogens with zero attached hydrogens (tertiary/aromatic N) is 1. The second kappa shape index (κ2) is 5.85. The molecule has 5 nitrogen and oxygen atoms in total. The summed E-state index contributed by atoms with van der Waals surface area (Å²) in [6.07, 6.45) is 1.48. The van der Waals surface area contributed by atoms with E-state index in [-0.39, 0.29) is 5.91 Å². The molecule has 0 atom stereocenters. The van der Waals surface area contributed by atoms with Crippen molar-refractivity contribution in [1.82, 2.24) is 4.98 Å². The highest BCUT2D eigenvalue weighted by molar-refractivity contribution is 5.96. The van der Waals surface area contributed by atoms with Crippen LogP contribution in [0.2, 0.25) is 0 Å². The maximum Gasteiger partial charge on any atom is 0.360 e. The van der Waals surface area contributed by atoms with Crippen LogP contribution in [-0.4, -0.2) is 23.4 Å².